The highest BCUT2D eigenvalue weighted by atomic mass is 35.5. The van der Waals surface area contributed by atoms with Gasteiger partial charge in [-0.2, -0.15) is 0 Å². The Hall–Kier alpha value is -0.960. The Morgan fingerprint density at radius 1 is 1.41 bits per heavy atom. The first kappa shape index (κ1) is 21.0. The Balaban J connectivity index is 0.00000441. The van der Waals surface area contributed by atoms with Crippen LogP contribution < -0.4 is 10.6 Å². The van der Waals surface area contributed by atoms with Crippen molar-refractivity contribution in [2.24, 2.45) is 0 Å². The summed E-state index contributed by atoms with van der Waals surface area (Å²) in [5, 5.41) is 5.34. The standard InChI is InChI=1S/C13H17F3N2O2S.ClH/c1-20-5-4-17-7-13(19)18-10-6-9(14)2-3-11(10)21-8-12(15)16;/h2-3,6,12,17H,4-5,7-8H2,1H3,(H,18,19);1H. The Morgan fingerprint density at radius 3 is 2.77 bits per heavy atom. The number of carbonyl (C=O) groups is 1. The predicted octanol–water partition coefficient (Wildman–Crippen LogP) is 2.78. The van der Waals surface area contributed by atoms with Gasteiger partial charge in [-0.1, -0.05) is 0 Å². The average molecular weight is 359 g/mol. The van der Waals surface area contributed by atoms with Crippen LogP contribution in [0.15, 0.2) is 23.1 Å². The second kappa shape index (κ2) is 11.6. The Labute approximate surface area is 137 Å². The zero-order valence-corrected chi connectivity index (χ0v) is 13.5. The molecule has 1 amide bonds. The van der Waals surface area contributed by atoms with Crippen LogP contribution >= 0.6 is 24.2 Å². The van der Waals surface area contributed by atoms with Gasteiger partial charge in [-0.25, -0.2) is 13.2 Å². The van der Waals surface area contributed by atoms with E-state index in [-0.39, 0.29) is 30.5 Å². The number of anilines is 1. The summed E-state index contributed by atoms with van der Waals surface area (Å²) in [6.07, 6.45) is -2.47. The minimum Gasteiger partial charge on any atom is -0.383 e. The molecule has 0 heterocycles. The average Bonchev–Trinajstić information content (AvgIpc) is 2.42. The highest BCUT2D eigenvalue weighted by Crippen LogP contribution is 2.29. The fourth-order valence-electron chi connectivity index (χ4n) is 1.45. The van der Waals surface area contributed by atoms with Gasteiger partial charge in [0.15, 0.2) is 0 Å². The van der Waals surface area contributed by atoms with Crippen molar-refractivity contribution in [3.05, 3.63) is 24.0 Å². The molecule has 0 unspecified atom stereocenters. The molecule has 9 heteroatoms. The van der Waals surface area contributed by atoms with Gasteiger partial charge in [0.25, 0.3) is 0 Å². The molecule has 0 fully saturated rings. The maximum Gasteiger partial charge on any atom is 0.247 e. The molecule has 0 aliphatic carbocycles. The van der Waals surface area contributed by atoms with Gasteiger partial charge in [0.05, 0.1) is 24.6 Å². The molecule has 22 heavy (non-hydrogen) atoms. The number of benzene rings is 1. The lowest BCUT2D eigenvalue weighted by atomic mass is 10.3. The number of ether oxygens (including phenoxy) is 1. The first-order valence-corrected chi connectivity index (χ1v) is 7.21. The van der Waals surface area contributed by atoms with E-state index in [2.05, 4.69) is 10.6 Å². The molecule has 1 aromatic rings. The molecular formula is C13H18ClF3N2O2S. The number of thioether (sulfide) groups is 1. The molecule has 0 radical (unpaired) electrons. The summed E-state index contributed by atoms with van der Waals surface area (Å²) in [6, 6.07) is 3.65. The second-order valence-electron chi connectivity index (χ2n) is 4.06. The molecule has 1 aromatic carbocycles. The van der Waals surface area contributed by atoms with Crippen molar-refractivity contribution < 1.29 is 22.7 Å². The third-order valence-corrected chi connectivity index (χ3v) is 3.43. The van der Waals surface area contributed by atoms with Crippen molar-refractivity contribution in [2.45, 2.75) is 11.3 Å². The number of amides is 1. The molecular weight excluding hydrogens is 341 g/mol. The van der Waals surface area contributed by atoms with Crippen LogP contribution in [-0.4, -0.2) is 44.9 Å². The predicted molar refractivity (Wildman–Crippen MR) is 83.8 cm³/mol. The van der Waals surface area contributed by atoms with E-state index in [4.69, 9.17) is 4.74 Å². The summed E-state index contributed by atoms with van der Waals surface area (Å²) in [7, 11) is 1.54. The zero-order valence-electron chi connectivity index (χ0n) is 11.9. The van der Waals surface area contributed by atoms with Crippen LogP contribution in [0.2, 0.25) is 0 Å². The molecule has 0 aliphatic heterocycles. The SMILES string of the molecule is COCCNCC(=O)Nc1cc(F)ccc1SCC(F)F.Cl. The van der Waals surface area contributed by atoms with E-state index >= 15 is 0 Å². The van der Waals surface area contributed by atoms with Crippen molar-refractivity contribution in [1.29, 1.82) is 0 Å². The number of carbonyl (C=O) groups excluding carboxylic acids is 1. The lowest BCUT2D eigenvalue weighted by Gasteiger charge is -2.11. The smallest absolute Gasteiger partial charge is 0.247 e. The van der Waals surface area contributed by atoms with E-state index < -0.39 is 18.0 Å². The number of methoxy groups -OCH3 is 1. The maximum absolute atomic E-state index is 13.2. The van der Waals surface area contributed by atoms with E-state index in [1.165, 1.54) is 12.1 Å². The number of hydrogen-bond acceptors (Lipinski definition) is 4. The summed E-state index contributed by atoms with van der Waals surface area (Å²) in [5.74, 6) is -1.34. The van der Waals surface area contributed by atoms with Gasteiger partial charge >= 0.3 is 0 Å². The van der Waals surface area contributed by atoms with Gasteiger partial charge in [0, 0.05) is 18.6 Å². The van der Waals surface area contributed by atoms with Gasteiger partial charge in [-0.3, -0.25) is 4.79 Å². The summed E-state index contributed by atoms with van der Waals surface area (Å²) >= 11 is 0.866. The molecule has 2 N–H and O–H groups in total. The summed E-state index contributed by atoms with van der Waals surface area (Å²) in [5.41, 5.74) is 0.194. The van der Waals surface area contributed by atoms with E-state index in [9.17, 15) is 18.0 Å². The molecule has 0 atom stereocenters. The van der Waals surface area contributed by atoms with Crippen LogP contribution in [0.4, 0.5) is 18.9 Å². The summed E-state index contributed by atoms with van der Waals surface area (Å²) in [4.78, 5) is 12.1. The van der Waals surface area contributed by atoms with Crippen molar-refractivity contribution in [2.75, 3.05) is 37.9 Å². The molecule has 0 bridgehead atoms. The Kier molecular flexibility index (Phi) is 11.1. The van der Waals surface area contributed by atoms with Crippen LogP contribution in [-0.2, 0) is 9.53 Å². The molecule has 0 spiro atoms. The molecule has 0 saturated heterocycles. The first-order valence-electron chi connectivity index (χ1n) is 6.23. The minimum absolute atomic E-state index is 0. The van der Waals surface area contributed by atoms with Crippen molar-refractivity contribution >= 4 is 35.8 Å². The fourth-order valence-corrected chi connectivity index (χ4v) is 2.18. The van der Waals surface area contributed by atoms with Crippen molar-refractivity contribution in [3.8, 4) is 0 Å². The van der Waals surface area contributed by atoms with Crippen LogP contribution in [0, 0.1) is 5.82 Å². The van der Waals surface area contributed by atoms with Crippen LogP contribution in [0.1, 0.15) is 0 Å². The first-order chi connectivity index (χ1) is 10.0. The number of rotatable bonds is 9. The Bertz CT molecular complexity index is 467. The van der Waals surface area contributed by atoms with E-state index in [1.54, 1.807) is 7.11 Å². The normalized spacial score (nSPS) is 10.4. The molecule has 0 saturated carbocycles. The molecule has 4 nitrogen and oxygen atoms in total. The maximum atomic E-state index is 13.2. The monoisotopic (exact) mass is 358 g/mol. The van der Waals surface area contributed by atoms with Crippen molar-refractivity contribution in [3.63, 3.8) is 0 Å². The van der Waals surface area contributed by atoms with E-state index in [1.807, 2.05) is 0 Å². The third kappa shape index (κ3) is 8.47. The third-order valence-electron chi connectivity index (χ3n) is 2.35. The number of nitrogens with one attached hydrogen (secondary N) is 2. The fraction of sp³-hybridized carbons (Fsp3) is 0.462. The largest absolute Gasteiger partial charge is 0.383 e. The number of halogens is 4. The zero-order chi connectivity index (χ0) is 15.7. The van der Waals surface area contributed by atoms with Gasteiger partial charge in [-0.05, 0) is 18.2 Å². The quantitative estimate of drug-likeness (QED) is 0.526. The van der Waals surface area contributed by atoms with E-state index in [0.717, 1.165) is 17.8 Å². The summed E-state index contributed by atoms with van der Waals surface area (Å²) in [6.45, 7) is 0.988. The summed E-state index contributed by atoms with van der Waals surface area (Å²) < 4.78 is 42.5. The molecule has 126 valence electrons. The topological polar surface area (TPSA) is 50.4 Å². The van der Waals surface area contributed by atoms with E-state index in [0.29, 0.717) is 18.0 Å². The highest BCUT2D eigenvalue weighted by Gasteiger charge is 2.11. The van der Waals surface area contributed by atoms with Gasteiger partial charge < -0.3 is 15.4 Å². The highest BCUT2D eigenvalue weighted by molar-refractivity contribution is 7.99. The van der Waals surface area contributed by atoms with Crippen LogP contribution in [0.25, 0.3) is 0 Å². The van der Waals surface area contributed by atoms with Gasteiger partial charge in [-0.15, -0.1) is 24.2 Å². The lowest BCUT2D eigenvalue weighted by Crippen LogP contribution is -2.30. The van der Waals surface area contributed by atoms with Gasteiger partial charge in [0.2, 0.25) is 12.3 Å². The molecule has 1 rings (SSSR count). The van der Waals surface area contributed by atoms with Crippen molar-refractivity contribution in [1.82, 2.24) is 5.32 Å². The Morgan fingerprint density at radius 2 is 2.14 bits per heavy atom. The lowest BCUT2D eigenvalue weighted by molar-refractivity contribution is -0.115. The number of hydrogen-bond donors (Lipinski definition) is 2. The van der Waals surface area contributed by atoms with Crippen LogP contribution in [0.3, 0.4) is 0 Å². The molecule has 0 aromatic heterocycles. The molecule has 0 aliphatic rings. The van der Waals surface area contributed by atoms with Crippen LogP contribution in [0.5, 0.6) is 0 Å². The minimum atomic E-state index is -2.47. The van der Waals surface area contributed by atoms with Gasteiger partial charge in [0.1, 0.15) is 5.82 Å². The number of alkyl halides is 2. The second-order valence-corrected chi connectivity index (χ2v) is 5.12.